The molecule has 0 atom stereocenters. The lowest BCUT2D eigenvalue weighted by molar-refractivity contribution is -1.29. The molecule has 2 aliphatic heterocycles. The van der Waals surface area contributed by atoms with Gasteiger partial charge in [0.15, 0.2) is 24.8 Å². The standard InChI is InChI=1S/C27H20N4.2C13H10N2/c1-17-15-19-7-3-11-28-23(19)25-21(17)9-5-13-30(25)27(28)29-12-4-8-20-16-18(2)22-10-6-14-31(27)26(22)24(20)29;2*1-9-8-10-4-2-6-14-12(10)13-11(9)5-3-7-15-13/h3-16H,1-2H3;2*2-8H,1H3/q+4;;. The first kappa shape index (κ1) is 35.1. The Kier molecular flexibility index (Phi) is 7.53. The second kappa shape index (κ2) is 13.1. The second-order valence-corrected chi connectivity index (χ2v) is 16.2. The van der Waals surface area contributed by atoms with Gasteiger partial charge in [-0.2, -0.15) is 0 Å². The molecule has 1 spiro atoms. The van der Waals surface area contributed by atoms with Crippen LogP contribution in [0.5, 0.6) is 0 Å². The first-order valence-corrected chi connectivity index (χ1v) is 20.7. The Bertz CT molecular complexity index is 3590. The molecule has 2 aliphatic rings. The van der Waals surface area contributed by atoms with Crippen molar-refractivity contribution in [1.29, 1.82) is 0 Å². The minimum atomic E-state index is -0.565. The van der Waals surface area contributed by atoms with Crippen LogP contribution in [0.3, 0.4) is 0 Å². The fraction of sp³-hybridized carbons (Fsp3) is 0.0943. The highest BCUT2D eigenvalue weighted by atomic mass is 15.6. The highest BCUT2D eigenvalue weighted by Gasteiger charge is 2.80. The van der Waals surface area contributed by atoms with Crippen molar-refractivity contribution in [2.24, 2.45) is 0 Å². The van der Waals surface area contributed by atoms with Crippen LogP contribution in [0, 0.1) is 27.7 Å². The number of pyridine rings is 8. The van der Waals surface area contributed by atoms with Gasteiger partial charge in [-0.3, -0.25) is 19.9 Å². The summed E-state index contributed by atoms with van der Waals surface area (Å²) in [6, 6.07) is 42.8. The van der Waals surface area contributed by atoms with E-state index in [1.807, 2.05) is 49.1 Å². The lowest BCUT2D eigenvalue weighted by atomic mass is 10.1. The van der Waals surface area contributed by atoms with Crippen molar-refractivity contribution >= 4 is 87.2 Å². The minimum absolute atomic E-state index is 0.565. The molecule has 8 heteroatoms. The maximum atomic E-state index is 4.41. The first-order chi connectivity index (χ1) is 29.9. The van der Waals surface area contributed by atoms with E-state index in [-0.39, 0.29) is 0 Å². The van der Waals surface area contributed by atoms with Crippen molar-refractivity contribution in [3.8, 4) is 0 Å². The van der Waals surface area contributed by atoms with Gasteiger partial charge in [0.25, 0.3) is 0 Å². The fourth-order valence-electron chi connectivity index (χ4n) is 10.2. The molecule has 10 heterocycles. The maximum absolute atomic E-state index is 4.41. The summed E-state index contributed by atoms with van der Waals surface area (Å²) in [5.41, 5.74) is 14.2. The molecule has 0 fully saturated rings. The molecule has 0 unspecified atom stereocenters. The predicted molar refractivity (Wildman–Crippen MR) is 241 cm³/mol. The molecule has 61 heavy (non-hydrogen) atoms. The van der Waals surface area contributed by atoms with Crippen molar-refractivity contribution in [2.45, 2.75) is 33.6 Å². The summed E-state index contributed by atoms with van der Waals surface area (Å²) in [5, 5.41) is 9.84. The lowest BCUT2D eigenvalue weighted by Gasteiger charge is -2.05. The Morgan fingerprint density at radius 1 is 0.328 bits per heavy atom. The summed E-state index contributed by atoms with van der Waals surface area (Å²) in [5.74, 6) is -0.565. The number of fused-ring (bicyclic) bond motifs is 10. The Balaban J connectivity index is 0.000000111. The van der Waals surface area contributed by atoms with E-state index in [9.17, 15) is 0 Å². The van der Waals surface area contributed by atoms with E-state index in [1.54, 1.807) is 0 Å². The molecule has 14 rings (SSSR count). The third-order valence-corrected chi connectivity index (χ3v) is 12.7. The van der Waals surface area contributed by atoms with Crippen LogP contribution in [-0.4, -0.2) is 19.9 Å². The number of hydrogen-bond acceptors (Lipinski definition) is 4. The second-order valence-electron chi connectivity index (χ2n) is 16.2. The minimum Gasteiger partial charge on any atom is -0.254 e. The number of rotatable bonds is 0. The molecule has 8 nitrogen and oxygen atoms in total. The third kappa shape index (κ3) is 4.87. The van der Waals surface area contributed by atoms with E-state index >= 15 is 0 Å². The quantitative estimate of drug-likeness (QED) is 0.114. The van der Waals surface area contributed by atoms with Crippen LogP contribution in [0.1, 0.15) is 22.3 Å². The van der Waals surface area contributed by atoms with Crippen molar-refractivity contribution in [2.75, 3.05) is 0 Å². The highest BCUT2D eigenvalue weighted by Crippen LogP contribution is 2.34. The molecular weight excluding hydrogens is 749 g/mol. The summed E-state index contributed by atoms with van der Waals surface area (Å²) in [7, 11) is 0. The zero-order chi connectivity index (χ0) is 41.0. The fourth-order valence-corrected chi connectivity index (χ4v) is 10.2. The van der Waals surface area contributed by atoms with Gasteiger partial charge in [0.1, 0.15) is 0 Å². The maximum Gasteiger partial charge on any atom is 0.770 e. The number of hydrogen-bond donors (Lipinski definition) is 0. The summed E-state index contributed by atoms with van der Waals surface area (Å²) in [4.78, 5) is 17.6. The molecule has 288 valence electrons. The van der Waals surface area contributed by atoms with Gasteiger partial charge in [0.05, 0.1) is 43.6 Å². The Hall–Kier alpha value is -7.84. The van der Waals surface area contributed by atoms with E-state index in [4.69, 9.17) is 0 Å². The largest absolute Gasteiger partial charge is 0.770 e. The van der Waals surface area contributed by atoms with Gasteiger partial charge in [0, 0.05) is 88.9 Å². The number of benzene rings is 4. The van der Waals surface area contributed by atoms with E-state index in [1.165, 1.54) is 76.6 Å². The zero-order valence-corrected chi connectivity index (χ0v) is 34.2. The smallest absolute Gasteiger partial charge is 0.254 e. The van der Waals surface area contributed by atoms with Crippen LogP contribution < -0.4 is 18.3 Å². The van der Waals surface area contributed by atoms with Crippen LogP contribution in [0.4, 0.5) is 0 Å². The molecule has 0 bridgehead atoms. The molecule has 4 aromatic carbocycles. The molecular formula is C53H40N8+4. The number of nitrogens with zero attached hydrogens (tertiary/aromatic N) is 8. The Morgan fingerprint density at radius 3 is 1.08 bits per heavy atom. The van der Waals surface area contributed by atoms with E-state index in [0.717, 1.165) is 32.8 Å². The average molecular weight is 789 g/mol. The van der Waals surface area contributed by atoms with Gasteiger partial charge >= 0.3 is 28.0 Å². The molecule has 0 aliphatic carbocycles. The number of aryl methyl sites for hydroxylation is 4. The SMILES string of the molecule is Cc1cc2ccc[n+]3c2c2c1ccc[n+]2C31[n+]2cccc3cc(C)c4ccc[n+]1c4c32.Cc1cc2cccnc2c2ncccc12.Cc1cc2cccnc2c2ncccc12. The van der Waals surface area contributed by atoms with Crippen molar-refractivity contribution in [3.63, 3.8) is 0 Å². The Labute approximate surface area is 350 Å². The monoisotopic (exact) mass is 788 g/mol. The van der Waals surface area contributed by atoms with Crippen molar-refractivity contribution < 1.29 is 18.3 Å². The van der Waals surface area contributed by atoms with Gasteiger partial charge in [-0.1, -0.05) is 24.3 Å². The molecule has 12 aromatic rings. The van der Waals surface area contributed by atoms with Crippen LogP contribution in [0.25, 0.3) is 87.2 Å². The van der Waals surface area contributed by atoms with E-state index in [0.29, 0.717) is 0 Å². The van der Waals surface area contributed by atoms with Gasteiger partial charge in [-0.15, -0.1) is 0 Å². The van der Waals surface area contributed by atoms with E-state index < -0.39 is 5.91 Å². The van der Waals surface area contributed by atoms with Crippen LogP contribution in [0.15, 0.2) is 171 Å². The van der Waals surface area contributed by atoms with Crippen molar-refractivity contribution in [3.05, 3.63) is 193 Å². The number of aromatic nitrogens is 8. The molecule has 0 saturated carbocycles. The molecule has 0 saturated heterocycles. The molecule has 0 N–H and O–H groups in total. The van der Waals surface area contributed by atoms with Gasteiger partial charge in [0.2, 0.25) is 0 Å². The molecule has 8 aromatic heterocycles. The Morgan fingerprint density at radius 2 is 0.639 bits per heavy atom. The summed E-state index contributed by atoms with van der Waals surface area (Å²) < 4.78 is 9.84. The van der Waals surface area contributed by atoms with Gasteiger partial charge in [-0.05, 0) is 123 Å². The van der Waals surface area contributed by atoms with Crippen LogP contribution in [-0.2, 0) is 5.91 Å². The third-order valence-electron chi connectivity index (χ3n) is 12.7. The van der Waals surface area contributed by atoms with Crippen LogP contribution >= 0.6 is 0 Å². The predicted octanol–water partition coefficient (Wildman–Crippen LogP) is 9.09. The van der Waals surface area contributed by atoms with Crippen LogP contribution in [0.2, 0.25) is 0 Å². The van der Waals surface area contributed by atoms with Gasteiger partial charge < -0.3 is 0 Å². The first-order valence-electron chi connectivity index (χ1n) is 20.7. The summed E-state index contributed by atoms with van der Waals surface area (Å²) in [6.45, 7) is 8.65. The van der Waals surface area contributed by atoms with Gasteiger partial charge in [-0.25, -0.2) is 0 Å². The highest BCUT2D eigenvalue weighted by molar-refractivity contribution is 6.06. The van der Waals surface area contributed by atoms with Crippen molar-refractivity contribution in [1.82, 2.24) is 19.9 Å². The zero-order valence-electron chi connectivity index (χ0n) is 34.2. The summed E-state index contributed by atoms with van der Waals surface area (Å²) >= 11 is 0. The molecule has 0 radical (unpaired) electrons. The lowest BCUT2D eigenvalue weighted by Crippen LogP contribution is -2.94. The molecule has 0 amide bonds. The van der Waals surface area contributed by atoms with E-state index in [2.05, 4.69) is 188 Å². The normalized spacial score (nSPS) is 13.0. The average Bonchev–Trinajstić information content (AvgIpc) is 3.78. The topological polar surface area (TPSA) is 67.1 Å². The summed E-state index contributed by atoms with van der Waals surface area (Å²) in [6.07, 6.45) is 16.2.